The van der Waals surface area contributed by atoms with Crippen LogP contribution in [-0.2, 0) is 11.3 Å². The second-order valence-electron chi connectivity index (χ2n) is 4.47. The molecule has 1 aliphatic heterocycles. The van der Waals surface area contributed by atoms with Crippen molar-refractivity contribution in [3.05, 3.63) is 23.6 Å². The fourth-order valence-electron chi connectivity index (χ4n) is 2.27. The molecule has 0 bridgehead atoms. The van der Waals surface area contributed by atoms with Crippen molar-refractivity contribution in [3.63, 3.8) is 0 Å². The molecule has 4 nitrogen and oxygen atoms in total. The van der Waals surface area contributed by atoms with Gasteiger partial charge in [-0.15, -0.1) is 0 Å². The van der Waals surface area contributed by atoms with Gasteiger partial charge in [0.1, 0.15) is 0 Å². The number of nitrogens with one attached hydrogen (secondary N) is 1. The molecule has 1 aromatic rings. The molecule has 0 saturated carbocycles. The van der Waals surface area contributed by atoms with Crippen molar-refractivity contribution in [3.8, 4) is 0 Å². The summed E-state index contributed by atoms with van der Waals surface area (Å²) >= 11 is 0. The van der Waals surface area contributed by atoms with Gasteiger partial charge in [0.2, 0.25) is 0 Å². The van der Waals surface area contributed by atoms with E-state index in [1.165, 1.54) is 0 Å². The normalized spacial score (nSPS) is 20.2. The SMILES string of the molecule is CCC1COCCN1c1nccc(CNC)c1F. The molecule has 1 unspecified atom stereocenters. The molecule has 0 aliphatic carbocycles. The average molecular weight is 253 g/mol. The number of hydrogen-bond donors (Lipinski definition) is 1. The molecule has 1 saturated heterocycles. The first-order valence-electron chi connectivity index (χ1n) is 6.40. The lowest BCUT2D eigenvalue weighted by molar-refractivity contribution is 0.0921. The van der Waals surface area contributed by atoms with Crippen LogP contribution in [0.25, 0.3) is 0 Å². The molecule has 2 rings (SSSR count). The van der Waals surface area contributed by atoms with Crippen LogP contribution in [0.15, 0.2) is 12.3 Å². The van der Waals surface area contributed by atoms with Crippen LogP contribution in [-0.4, -0.2) is 37.8 Å². The molecule has 5 heteroatoms. The van der Waals surface area contributed by atoms with Gasteiger partial charge in [0.25, 0.3) is 0 Å². The lowest BCUT2D eigenvalue weighted by atomic mass is 10.1. The third kappa shape index (κ3) is 2.62. The molecular weight excluding hydrogens is 233 g/mol. The summed E-state index contributed by atoms with van der Waals surface area (Å²) in [4.78, 5) is 6.24. The van der Waals surface area contributed by atoms with E-state index in [2.05, 4.69) is 17.2 Å². The number of nitrogens with zero attached hydrogens (tertiary/aromatic N) is 2. The summed E-state index contributed by atoms with van der Waals surface area (Å²) in [6.07, 6.45) is 2.60. The first-order chi connectivity index (χ1) is 8.77. The van der Waals surface area contributed by atoms with Gasteiger partial charge in [0, 0.05) is 24.8 Å². The van der Waals surface area contributed by atoms with Crippen molar-refractivity contribution >= 4 is 5.82 Å². The summed E-state index contributed by atoms with van der Waals surface area (Å²) in [5, 5.41) is 2.97. The van der Waals surface area contributed by atoms with E-state index in [-0.39, 0.29) is 11.9 Å². The average Bonchev–Trinajstić information content (AvgIpc) is 2.41. The molecule has 1 fully saturated rings. The Morgan fingerprint density at radius 3 is 3.17 bits per heavy atom. The third-order valence-electron chi connectivity index (χ3n) is 3.29. The monoisotopic (exact) mass is 253 g/mol. The molecule has 1 aromatic heterocycles. The summed E-state index contributed by atoms with van der Waals surface area (Å²) in [5.74, 6) is 0.241. The molecule has 0 spiro atoms. The number of rotatable bonds is 4. The van der Waals surface area contributed by atoms with Gasteiger partial charge in [-0.25, -0.2) is 9.37 Å². The van der Waals surface area contributed by atoms with Crippen molar-refractivity contribution in [1.29, 1.82) is 0 Å². The maximum absolute atomic E-state index is 14.4. The van der Waals surface area contributed by atoms with Gasteiger partial charge in [0.15, 0.2) is 11.6 Å². The zero-order valence-electron chi connectivity index (χ0n) is 10.9. The fourth-order valence-corrected chi connectivity index (χ4v) is 2.27. The Bertz CT molecular complexity index is 400. The smallest absolute Gasteiger partial charge is 0.170 e. The van der Waals surface area contributed by atoms with E-state index < -0.39 is 0 Å². The summed E-state index contributed by atoms with van der Waals surface area (Å²) in [6.45, 7) is 4.58. The highest BCUT2D eigenvalue weighted by Gasteiger charge is 2.25. The van der Waals surface area contributed by atoms with Gasteiger partial charge in [-0.3, -0.25) is 0 Å². The lowest BCUT2D eigenvalue weighted by Crippen LogP contribution is -2.46. The van der Waals surface area contributed by atoms with Gasteiger partial charge in [-0.1, -0.05) is 6.92 Å². The first kappa shape index (κ1) is 13.2. The minimum atomic E-state index is -0.216. The van der Waals surface area contributed by atoms with Gasteiger partial charge in [0.05, 0.1) is 19.3 Å². The van der Waals surface area contributed by atoms with Gasteiger partial charge in [-0.05, 0) is 19.5 Å². The maximum atomic E-state index is 14.4. The molecule has 2 heterocycles. The van der Waals surface area contributed by atoms with Crippen LogP contribution in [0.3, 0.4) is 0 Å². The van der Waals surface area contributed by atoms with Crippen LogP contribution in [0.2, 0.25) is 0 Å². The number of morpholine rings is 1. The van der Waals surface area contributed by atoms with E-state index >= 15 is 0 Å². The van der Waals surface area contributed by atoms with Crippen LogP contribution in [0.5, 0.6) is 0 Å². The number of anilines is 1. The zero-order chi connectivity index (χ0) is 13.0. The minimum absolute atomic E-state index is 0.214. The number of hydrogen-bond acceptors (Lipinski definition) is 4. The summed E-state index contributed by atoms with van der Waals surface area (Å²) in [6, 6.07) is 1.93. The second kappa shape index (κ2) is 6.11. The molecule has 1 aliphatic rings. The van der Waals surface area contributed by atoms with Gasteiger partial charge in [-0.2, -0.15) is 0 Å². The van der Waals surface area contributed by atoms with Gasteiger partial charge < -0.3 is 15.0 Å². The fraction of sp³-hybridized carbons (Fsp3) is 0.615. The van der Waals surface area contributed by atoms with Crippen molar-refractivity contribution in [2.45, 2.75) is 25.9 Å². The topological polar surface area (TPSA) is 37.4 Å². The Kier molecular flexibility index (Phi) is 4.49. The van der Waals surface area contributed by atoms with Crippen LogP contribution in [0, 0.1) is 5.82 Å². The quantitative estimate of drug-likeness (QED) is 0.883. The first-order valence-corrected chi connectivity index (χ1v) is 6.40. The largest absolute Gasteiger partial charge is 0.377 e. The minimum Gasteiger partial charge on any atom is -0.377 e. The summed E-state index contributed by atoms with van der Waals surface area (Å²) < 4.78 is 19.8. The maximum Gasteiger partial charge on any atom is 0.170 e. The Morgan fingerprint density at radius 2 is 2.44 bits per heavy atom. The van der Waals surface area contributed by atoms with E-state index in [0.717, 1.165) is 6.42 Å². The van der Waals surface area contributed by atoms with E-state index in [1.807, 2.05) is 11.9 Å². The predicted octanol–water partition coefficient (Wildman–Crippen LogP) is 1.56. The molecule has 0 radical (unpaired) electrons. The number of ether oxygens (including phenoxy) is 1. The molecule has 1 atom stereocenters. The Hall–Kier alpha value is -1.20. The molecule has 18 heavy (non-hydrogen) atoms. The Balaban J connectivity index is 2.28. The standard InChI is InChI=1S/C13H20FN3O/c1-3-11-9-18-7-6-17(11)13-12(14)10(8-15-2)4-5-16-13/h4-5,11,15H,3,6-9H2,1-2H3. The Morgan fingerprint density at radius 1 is 1.61 bits per heavy atom. The molecule has 0 aromatic carbocycles. The van der Waals surface area contributed by atoms with Gasteiger partial charge >= 0.3 is 0 Å². The zero-order valence-corrected chi connectivity index (χ0v) is 10.9. The van der Waals surface area contributed by atoms with Crippen LogP contribution in [0.4, 0.5) is 10.2 Å². The van der Waals surface area contributed by atoms with Crippen molar-refractivity contribution < 1.29 is 9.13 Å². The van der Waals surface area contributed by atoms with E-state index in [0.29, 0.717) is 37.7 Å². The molecule has 1 N–H and O–H groups in total. The number of aromatic nitrogens is 1. The summed E-state index contributed by atoms with van der Waals surface area (Å²) in [7, 11) is 1.81. The molecule has 100 valence electrons. The van der Waals surface area contributed by atoms with Crippen molar-refractivity contribution in [1.82, 2.24) is 10.3 Å². The van der Waals surface area contributed by atoms with Crippen molar-refractivity contribution in [2.24, 2.45) is 0 Å². The highest BCUT2D eigenvalue weighted by molar-refractivity contribution is 5.44. The van der Waals surface area contributed by atoms with E-state index in [4.69, 9.17) is 4.74 Å². The highest BCUT2D eigenvalue weighted by Crippen LogP contribution is 2.24. The van der Waals surface area contributed by atoms with Crippen LogP contribution >= 0.6 is 0 Å². The second-order valence-corrected chi connectivity index (χ2v) is 4.47. The molecule has 0 amide bonds. The van der Waals surface area contributed by atoms with Crippen LogP contribution < -0.4 is 10.2 Å². The lowest BCUT2D eigenvalue weighted by Gasteiger charge is -2.36. The molecular formula is C13H20FN3O. The number of halogens is 1. The summed E-state index contributed by atoms with van der Waals surface area (Å²) in [5.41, 5.74) is 0.656. The predicted molar refractivity (Wildman–Crippen MR) is 69.2 cm³/mol. The third-order valence-corrected chi connectivity index (χ3v) is 3.29. The van der Waals surface area contributed by atoms with Crippen LogP contribution in [0.1, 0.15) is 18.9 Å². The van der Waals surface area contributed by atoms with E-state index in [1.54, 1.807) is 12.3 Å². The van der Waals surface area contributed by atoms with E-state index in [9.17, 15) is 4.39 Å². The van der Waals surface area contributed by atoms with Crippen molar-refractivity contribution in [2.75, 3.05) is 31.7 Å². The Labute approximate surface area is 107 Å². The highest BCUT2D eigenvalue weighted by atomic mass is 19.1. The number of pyridine rings is 1.